The highest BCUT2D eigenvalue weighted by molar-refractivity contribution is 9.10. The van der Waals surface area contributed by atoms with Gasteiger partial charge in [-0.3, -0.25) is 4.79 Å². The fourth-order valence-corrected chi connectivity index (χ4v) is 4.75. The average molecular weight is 575 g/mol. The Hall–Kier alpha value is -2.75. The molecule has 1 heterocycles. The van der Waals surface area contributed by atoms with Crippen molar-refractivity contribution < 1.29 is 14.3 Å². The van der Waals surface area contributed by atoms with Gasteiger partial charge in [0, 0.05) is 8.95 Å². The van der Waals surface area contributed by atoms with Gasteiger partial charge < -0.3 is 9.47 Å². The number of rotatable bonds is 6. The standard InChI is InChI=1S/C23H17Br2N3O3S/c1-30-19-5-3-4-17(21(19)31-2)22(29)28(26-13-14-6-8-15(24)9-7-14)23-27-18-11-10-16(25)12-20(18)32-23/h3-13H,1-2H3/b26-13+. The number of nitrogens with zero attached hydrogens (tertiary/aromatic N) is 3. The van der Waals surface area contributed by atoms with Crippen LogP contribution in [-0.2, 0) is 0 Å². The lowest BCUT2D eigenvalue weighted by Gasteiger charge is -2.17. The van der Waals surface area contributed by atoms with Gasteiger partial charge >= 0.3 is 0 Å². The minimum absolute atomic E-state index is 0.320. The first-order chi connectivity index (χ1) is 15.5. The van der Waals surface area contributed by atoms with Crippen LogP contribution >= 0.6 is 43.2 Å². The lowest BCUT2D eigenvalue weighted by molar-refractivity contribution is 0.0984. The second-order valence-corrected chi connectivity index (χ2v) is 9.40. The maximum atomic E-state index is 13.6. The third-order valence-corrected chi connectivity index (χ3v) is 6.55. The largest absolute Gasteiger partial charge is 0.493 e. The van der Waals surface area contributed by atoms with Crippen molar-refractivity contribution in [3.05, 3.63) is 80.7 Å². The topological polar surface area (TPSA) is 64.0 Å². The molecule has 0 aliphatic heterocycles. The Morgan fingerprint density at radius 1 is 1.03 bits per heavy atom. The molecule has 4 rings (SSSR count). The summed E-state index contributed by atoms with van der Waals surface area (Å²) in [5, 5.41) is 6.24. The zero-order chi connectivity index (χ0) is 22.7. The van der Waals surface area contributed by atoms with Gasteiger partial charge in [-0.2, -0.15) is 10.1 Å². The summed E-state index contributed by atoms with van der Waals surface area (Å²) in [6.07, 6.45) is 1.62. The van der Waals surface area contributed by atoms with Gasteiger partial charge in [0.15, 0.2) is 11.5 Å². The molecule has 162 valence electrons. The van der Waals surface area contributed by atoms with E-state index in [0.29, 0.717) is 22.2 Å². The number of fused-ring (bicyclic) bond motifs is 1. The molecular weight excluding hydrogens is 558 g/mol. The van der Waals surface area contributed by atoms with E-state index >= 15 is 0 Å². The van der Waals surface area contributed by atoms with Crippen molar-refractivity contribution in [2.75, 3.05) is 19.2 Å². The summed E-state index contributed by atoms with van der Waals surface area (Å²) < 4.78 is 13.7. The van der Waals surface area contributed by atoms with Gasteiger partial charge in [-0.05, 0) is 48.0 Å². The SMILES string of the molecule is COc1cccc(C(=O)N(/N=C/c2ccc(Br)cc2)c2nc3ccc(Br)cc3s2)c1OC. The predicted octanol–water partition coefficient (Wildman–Crippen LogP) is 6.52. The average Bonchev–Trinajstić information content (AvgIpc) is 3.22. The number of anilines is 1. The quantitative estimate of drug-likeness (QED) is 0.194. The van der Waals surface area contributed by atoms with Crippen molar-refractivity contribution in [3.63, 3.8) is 0 Å². The highest BCUT2D eigenvalue weighted by atomic mass is 79.9. The van der Waals surface area contributed by atoms with E-state index in [4.69, 9.17) is 9.47 Å². The number of hydrogen-bond donors (Lipinski definition) is 0. The van der Waals surface area contributed by atoms with Gasteiger partial charge in [-0.25, -0.2) is 4.98 Å². The van der Waals surface area contributed by atoms with Crippen LogP contribution in [0.4, 0.5) is 5.13 Å². The molecule has 0 aliphatic carbocycles. The minimum Gasteiger partial charge on any atom is -0.493 e. The molecule has 0 unspecified atom stereocenters. The normalized spacial score (nSPS) is 11.1. The summed E-state index contributed by atoms with van der Waals surface area (Å²) in [5.41, 5.74) is 1.94. The van der Waals surface area contributed by atoms with E-state index in [1.807, 2.05) is 42.5 Å². The highest BCUT2D eigenvalue weighted by Gasteiger charge is 2.25. The molecule has 9 heteroatoms. The summed E-state index contributed by atoms with van der Waals surface area (Å²) in [6.45, 7) is 0. The van der Waals surface area contributed by atoms with Crippen molar-refractivity contribution in [2.24, 2.45) is 5.10 Å². The molecule has 0 atom stereocenters. The van der Waals surface area contributed by atoms with E-state index in [-0.39, 0.29) is 5.91 Å². The number of hydrazone groups is 1. The molecule has 0 radical (unpaired) electrons. The van der Waals surface area contributed by atoms with Crippen LogP contribution in [0.5, 0.6) is 11.5 Å². The molecule has 3 aromatic carbocycles. The molecule has 0 aliphatic rings. The third-order valence-electron chi connectivity index (χ3n) is 4.54. The Morgan fingerprint density at radius 2 is 1.78 bits per heavy atom. The number of hydrogen-bond acceptors (Lipinski definition) is 6. The number of aromatic nitrogens is 1. The summed E-state index contributed by atoms with van der Waals surface area (Å²) >= 11 is 8.28. The number of carbonyl (C=O) groups excluding carboxylic acids is 1. The number of halogens is 2. The molecule has 6 nitrogen and oxygen atoms in total. The fourth-order valence-electron chi connectivity index (χ4n) is 3.01. The molecule has 0 saturated heterocycles. The van der Waals surface area contributed by atoms with Crippen molar-refractivity contribution in [3.8, 4) is 11.5 Å². The van der Waals surface area contributed by atoms with Gasteiger partial charge in [-0.15, -0.1) is 0 Å². The van der Waals surface area contributed by atoms with Crippen LogP contribution in [0.3, 0.4) is 0 Å². The molecule has 0 N–H and O–H groups in total. The Balaban J connectivity index is 1.81. The van der Waals surface area contributed by atoms with Crippen molar-refractivity contribution in [1.29, 1.82) is 0 Å². The zero-order valence-corrected chi connectivity index (χ0v) is 21.1. The molecule has 4 aromatic rings. The second kappa shape index (κ2) is 9.81. The van der Waals surface area contributed by atoms with Gasteiger partial charge in [-0.1, -0.05) is 61.4 Å². The maximum absolute atomic E-state index is 13.6. The lowest BCUT2D eigenvalue weighted by atomic mass is 10.1. The van der Waals surface area contributed by atoms with Crippen LogP contribution in [0.1, 0.15) is 15.9 Å². The first-order valence-electron chi connectivity index (χ1n) is 9.41. The summed E-state index contributed by atoms with van der Waals surface area (Å²) in [6, 6.07) is 18.5. The maximum Gasteiger partial charge on any atom is 0.284 e. The summed E-state index contributed by atoms with van der Waals surface area (Å²) in [4.78, 5) is 18.3. The molecule has 32 heavy (non-hydrogen) atoms. The molecule has 1 aromatic heterocycles. The Bertz CT molecular complexity index is 1310. The van der Waals surface area contributed by atoms with Gasteiger partial charge in [0.25, 0.3) is 5.91 Å². The third kappa shape index (κ3) is 4.69. The summed E-state index contributed by atoms with van der Waals surface area (Å²) in [5.74, 6) is 0.420. The van der Waals surface area contributed by atoms with Gasteiger partial charge in [0.1, 0.15) is 0 Å². The number of benzene rings is 3. The minimum atomic E-state index is -0.382. The van der Waals surface area contributed by atoms with E-state index in [2.05, 4.69) is 41.9 Å². The first-order valence-corrected chi connectivity index (χ1v) is 11.8. The fraction of sp³-hybridized carbons (Fsp3) is 0.0870. The number of carbonyl (C=O) groups is 1. The first kappa shape index (κ1) is 22.4. The zero-order valence-electron chi connectivity index (χ0n) is 17.1. The lowest BCUT2D eigenvalue weighted by Crippen LogP contribution is -2.26. The Morgan fingerprint density at radius 3 is 2.50 bits per heavy atom. The van der Waals surface area contributed by atoms with Crippen molar-refractivity contribution in [2.45, 2.75) is 0 Å². The van der Waals surface area contributed by atoms with Crippen LogP contribution in [0, 0.1) is 0 Å². The molecular formula is C23H17Br2N3O3S. The number of para-hydroxylation sites is 1. The van der Waals surface area contributed by atoms with Crippen LogP contribution in [-0.4, -0.2) is 31.3 Å². The highest BCUT2D eigenvalue weighted by Crippen LogP contribution is 2.35. The smallest absolute Gasteiger partial charge is 0.284 e. The molecule has 0 saturated carbocycles. The van der Waals surface area contributed by atoms with Crippen LogP contribution < -0.4 is 14.5 Å². The monoisotopic (exact) mass is 573 g/mol. The van der Waals surface area contributed by atoms with E-state index in [0.717, 1.165) is 24.7 Å². The van der Waals surface area contributed by atoms with E-state index in [1.54, 1.807) is 24.4 Å². The second-order valence-electron chi connectivity index (χ2n) is 6.56. The number of amides is 1. The number of ether oxygens (including phenoxy) is 2. The van der Waals surface area contributed by atoms with Crippen molar-refractivity contribution >= 4 is 70.7 Å². The van der Waals surface area contributed by atoms with E-state index in [1.165, 1.54) is 30.6 Å². The molecule has 0 fully saturated rings. The van der Waals surface area contributed by atoms with Gasteiger partial charge in [0.2, 0.25) is 5.13 Å². The van der Waals surface area contributed by atoms with Crippen LogP contribution in [0.25, 0.3) is 10.2 Å². The number of thiazole rings is 1. The van der Waals surface area contributed by atoms with Crippen molar-refractivity contribution in [1.82, 2.24) is 4.98 Å². The Kier molecular flexibility index (Phi) is 6.88. The van der Waals surface area contributed by atoms with Crippen LogP contribution in [0.15, 0.2) is 74.7 Å². The summed E-state index contributed by atoms with van der Waals surface area (Å²) in [7, 11) is 3.03. The molecule has 0 spiro atoms. The van der Waals surface area contributed by atoms with E-state index in [9.17, 15) is 4.79 Å². The van der Waals surface area contributed by atoms with E-state index < -0.39 is 0 Å². The van der Waals surface area contributed by atoms with Gasteiger partial charge in [0.05, 0.1) is 36.2 Å². The number of methoxy groups -OCH3 is 2. The molecule has 1 amide bonds. The molecule has 0 bridgehead atoms. The van der Waals surface area contributed by atoms with Crippen LogP contribution in [0.2, 0.25) is 0 Å². The Labute approximate surface area is 205 Å². The predicted molar refractivity (Wildman–Crippen MR) is 135 cm³/mol.